The smallest absolute Gasteiger partial charge is 0.336 e. The van der Waals surface area contributed by atoms with Gasteiger partial charge in [0.1, 0.15) is 0 Å². The lowest BCUT2D eigenvalue weighted by molar-refractivity contribution is -0.136. The lowest BCUT2D eigenvalue weighted by Gasteiger charge is -2.27. The minimum atomic E-state index is -0.295. The molecule has 0 saturated heterocycles. The fraction of sp³-hybridized carbons (Fsp3) is 0.138. The van der Waals surface area contributed by atoms with Gasteiger partial charge in [-0.05, 0) is 34.8 Å². The molecular formula is C29H27NO2. The minimum absolute atomic E-state index is 0.0812. The van der Waals surface area contributed by atoms with Crippen LogP contribution in [0.5, 0.6) is 0 Å². The Morgan fingerprint density at radius 1 is 0.906 bits per heavy atom. The number of benzene rings is 3. The van der Waals surface area contributed by atoms with Gasteiger partial charge in [0.25, 0.3) is 0 Å². The summed E-state index contributed by atoms with van der Waals surface area (Å²) in [6, 6.07) is 30.6. The van der Waals surface area contributed by atoms with Crippen molar-refractivity contribution in [3.8, 4) is 0 Å². The molecule has 1 unspecified atom stereocenters. The maximum atomic E-state index is 12.9. The number of carbonyl (C=O) groups is 1. The highest BCUT2D eigenvalue weighted by Crippen LogP contribution is 2.38. The van der Waals surface area contributed by atoms with Crippen LogP contribution in [0, 0.1) is 0 Å². The molecule has 0 heterocycles. The maximum Gasteiger partial charge on any atom is 0.336 e. The van der Waals surface area contributed by atoms with E-state index in [9.17, 15) is 4.79 Å². The summed E-state index contributed by atoms with van der Waals surface area (Å²) in [5.41, 5.74) is 6.04. The lowest BCUT2D eigenvalue weighted by atomic mass is 9.80. The molecule has 1 aliphatic carbocycles. The number of hydrogen-bond donors (Lipinski definition) is 1. The summed E-state index contributed by atoms with van der Waals surface area (Å²) >= 11 is 0. The van der Waals surface area contributed by atoms with Crippen LogP contribution in [-0.4, -0.2) is 13.1 Å². The molecule has 0 saturated carbocycles. The van der Waals surface area contributed by atoms with Crippen LogP contribution in [0.4, 0.5) is 0 Å². The van der Waals surface area contributed by atoms with Gasteiger partial charge in [-0.3, -0.25) is 0 Å². The van der Waals surface area contributed by atoms with Crippen LogP contribution < -0.4 is 5.32 Å². The maximum absolute atomic E-state index is 12.9. The van der Waals surface area contributed by atoms with Crippen LogP contribution in [0.1, 0.15) is 29.0 Å². The fourth-order valence-corrected chi connectivity index (χ4v) is 4.00. The minimum Gasteiger partial charge on any atom is -0.466 e. The Kier molecular flexibility index (Phi) is 6.98. The van der Waals surface area contributed by atoms with Crippen LogP contribution in [-0.2, 0) is 16.1 Å². The molecule has 1 N–H and O–H groups in total. The van der Waals surface area contributed by atoms with E-state index in [2.05, 4.69) is 59.9 Å². The molecule has 0 aliphatic heterocycles. The Hall–Kier alpha value is -3.85. The summed E-state index contributed by atoms with van der Waals surface area (Å²) in [5, 5.41) is 3.50. The van der Waals surface area contributed by atoms with E-state index in [0.29, 0.717) is 12.1 Å². The van der Waals surface area contributed by atoms with Crippen molar-refractivity contribution in [3.05, 3.63) is 137 Å². The van der Waals surface area contributed by atoms with E-state index in [1.165, 1.54) is 7.11 Å². The normalized spacial score (nSPS) is 16.0. The Labute approximate surface area is 189 Å². The first-order chi connectivity index (χ1) is 15.7. The Morgan fingerprint density at radius 2 is 1.53 bits per heavy atom. The number of rotatable bonds is 7. The standard InChI is InChI=1S/C29H27NO2/c1-32-29(31)28-26(25-15-9-4-10-16-25)19-24(18-17-22-11-5-2-6-12-22)20-27(28)30-21-23-13-7-3-8-14-23/h2-18,20,26,30H,19,21H2,1H3/b18-17+. The number of carbonyl (C=O) groups excluding carboxylic acids is 1. The highest BCUT2D eigenvalue weighted by molar-refractivity contribution is 5.92. The number of ether oxygens (including phenoxy) is 1. The number of nitrogens with one attached hydrogen (secondary N) is 1. The van der Waals surface area contributed by atoms with Crippen molar-refractivity contribution in [1.82, 2.24) is 5.32 Å². The second-order valence-electron chi connectivity index (χ2n) is 7.79. The van der Waals surface area contributed by atoms with Gasteiger partial charge in [0.15, 0.2) is 0 Å². The molecule has 0 aromatic heterocycles. The van der Waals surface area contributed by atoms with E-state index < -0.39 is 0 Å². The summed E-state index contributed by atoms with van der Waals surface area (Å²) in [6.07, 6.45) is 7.07. The van der Waals surface area contributed by atoms with Crippen molar-refractivity contribution in [2.45, 2.75) is 18.9 Å². The molecule has 0 spiro atoms. The summed E-state index contributed by atoms with van der Waals surface area (Å²) in [4.78, 5) is 12.9. The molecule has 0 bridgehead atoms. The van der Waals surface area contributed by atoms with Gasteiger partial charge in [0.2, 0.25) is 0 Å². The summed E-state index contributed by atoms with van der Waals surface area (Å²) in [7, 11) is 1.45. The first kappa shape index (κ1) is 21.4. The Bertz CT molecular complexity index is 1130. The summed E-state index contributed by atoms with van der Waals surface area (Å²) in [6.45, 7) is 0.629. The van der Waals surface area contributed by atoms with Crippen molar-refractivity contribution >= 4 is 12.0 Å². The predicted octanol–water partition coefficient (Wildman–Crippen LogP) is 6.03. The van der Waals surface area contributed by atoms with Crippen LogP contribution >= 0.6 is 0 Å². The molecular weight excluding hydrogens is 394 g/mol. The molecule has 160 valence electrons. The predicted molar refractivity (Wildman–Crippen MR) is 130 cm³/mol. The molecule has 3 nitrogen and oxygen atoms in total. The van der Waals surface area contributed by atoms with Crippen LogP contribution in [0.3, 0.4) is 0 Å². The fourth-order valence-electron chi connectivity index (χ4n) is 4.00. The quantitative estimate of drug-likeness (QED) is 0.473. The van der Waals surface area contributed by atoms with E-state index >= 15 is 0 Å². The van der Waals surface area contributed by atoms with Gasteiger partial charge in [-0.2, -0.15) is 0 Å². The second-order valence-corrected chi connectivity index (χ2v) is 7.79. The van der Waals surface area contributed by atoms with Crippen molar-refractivity contribution in [2.24, 2.45) is 0 Å². The second kappa shape index (κ2) is 10.5. The van der Waals surface area contributed by atoms with E-state index in [0.717, 1.165) is 34.4 Å². The molecule has 4 rings (SSSR count). The molecule has 32 heavy (non-hydrogen) atoms. The molecule has 0 radical (unpaired) electrons. The van der Waals surface area contributed by atoms with Crippen molar-refractivity contribution in [2.75, 3.05) is 7.11 Å². The van der Waals surface area contributed by atoms with E-state index in [1.807, 2.05) is 54.6 Å². The van der Waals surface area contributed by atoms with Gasteiger partial charge < -0.3 is 10.1 Å². The van der Waals surface area contributed by atoms with Crippen molar-refractivity contribution < 1.29 is 9.53 Å². The van der Waals surface area contributed by atoms with Gasteiger partial charge in [-0.1, -0.05) is 103 Å². The molecule has 0 amide bonds. The lowest BCUT2D eigenvalue weighted by Crippen LogP contribution is -2.25. The number of hydrogen-bond acceptors (Lipinski definition) is 3. The van der Waals surface area contributed by atoms with Crippen molar-refractivity contribution in [1.29, 1.82) is 0 Å². The van der Waals surface area contributed by atoms with Gasteiger partial charge in [0.05, 0.1) is 12.7 Å². The molecule has 3 heteroatoms. The largest absolute Gasteiger partial charge is 0.466 e. The van der Waals surface area contributed by atoms with Crippen LogP contribution in [0.25, 0.3) is 6.08 Å². The number of allylic oxidation sites excluding steroid dienone is 3. The SMILES string of the molecule is COC(=O)C1=C(NCc2ccccc2)C=C(/C=C/c2ccccc2)CC1c1ccccc1. The molecule has 3 aromatic rings. The van der Waals surface area contributed by atoms with E-state index in [-0.39, 0.29) is 11.9 Å². The zero-order valence-electron chi connectivity index (χ0n) is 18.2. The van der Waals surface area contributed by atoms with Crippen molar-refractivity contribution in [3.63, 3.8) is 0 Å². The molecule has 1 aliphatic rings. The zero-order chi connectivity index (χ0) is 22.2. The van der Waals surface area contributed by atoms with Gasteiger partial charge in [-0.15, -0.1) is 0 Å². The van der Waals surface area contributed by atoms with Gasteiger partial charge in [-0.25, -0.2) is 4.79 Å². The third-order valence-corrected chi connectivity index (χ3v) is 5.63. The van der Waals surface area contributed by atoms with Crippen LogP contribution in [0.15, 0.2) is 120 Å². The third kappa shape index (κ3) is 5.25. The van der Waals surface area contributed by atoms with Crippen LogP contribution in [0.2, 0.25) is 0 Å². The topological polar surface area (TPSA) is 38.3 Å². The number of esters is 1. The third-order valence-electron chi connectivity index (χ3n) is 5.63. The van der Waals surface area contributed by atoms with E-state index in [1.54, 1.807) is 0 Å². The monoisotopic (exact) mass is 421 g/mol. The average Bonchev–Trinajstić information content (AvgIpc) is 2.87. The first-order valence-electron chi connectivity index (χ1n) is 10.8. The van der Waals surface area contributed by atoms with Gasteiger partial charge in [0, 0.05) is 18.2 Å². The summed E-state index contributed by atoms with van der Waals surface area (Å²) in [5.74, 6) is -0.376. The highest BCUT2D eigenvalue weighted by atomic mass is 16.5. The number of methoxy groups -OCH3 is 1. The summed E-state index contributed by atoms with van der Waals surface area (Å²) < 4.78 is 5.20. The van der Waals surface area contributed by atoms with Gasteiger partial charge >= 0.3 is 5.97 Å². The zero-order valence-corrected chi connectivity index (χ0v) is 18.2. The molecule has 3 aromatic carbocycles. The Morgan fingerprint density at radius 3 is 2.19 bits per heavy atom. The molecule has 0 fully saturated rings. The first-order valence-corrected chi connectivity index (χ1v) is 10.8. The Balaban J connectivity index is 1.73. The highest BCUT2D eigenvalue weighted by Gasteiger charge is 2.30. The molecule has 1 atom stereocenters. The average molecular weight is 422 g/mol. The van der Waals surface area contributed by atoms with E-state index in [4.69, 9.17) is 4.74 Å².